The maximum absolute atomic E-state index is 13.2. The number of nitrogens with one attached hydrogen (secondary N) is 1. The lowest BCUT2D eigenvalue weighted by Gasteiger charge is -2.35. The first kappa shape index (κ1) is 21.3. The fraction of sp³-hybridized carbons (Fsp3) is 0.571. The molecule has 2 bridgehead atoms. The van der Waals surface area contributed by atoms with Crippen molar-refractivity contribution < 1.29 is 17.9 Å². The van der Waals surface area contributed by atoms with Crippen LogP contribution in [0, 0.1) is 30.2 Å². The number of aromatic nitrogens is 3. The minimum atomic E-state index is -4.46. The fourth-order valence-electron chi connectivity index (χ4n) is 4.54. The molecule has 0 amide bonds. The number of benzene rings is 1. The van der Waals surface area contributed by atoms with Crippen molar-refractivity contribution in [2.24, 2.45) is 11.8 Å². The molecule has 4 rings (SSSR count). The molecule has 1 aromatic carbocycles. The number of rotatable bonds is 5. The molecule has 2 unspecified atom stereocenters. The van der Waals surface area contributed by atoms with Gasteiger partial charge in [0.25, 0.3) is 0 Å². The summed E-state index contributed by atoms with van der Waals surface area (Å²) in [5.74, 6) is 1.12. The summed E-state index contributed by atoms with van der Waals surface area (Å²) in [6.45, 7) is 6.81. The summed E-state index contributed by atoms with van der Waals surface area (Å²) in [7, 11) is 0. The number of nitrogens with zero attached hydrogens (tertiary/aromatic N) is 5. The number of nitriles is 1. The van der Waals surface area contributed by atoms with E-state index in [-0.39, 0.29) is 23.8 Å². The van der Waals surface area contributed by atoms with Gasteiger partial charge in [-0.25, -0.2) is 4.68 Å². The lowest BCUT2D eigenvalue weighted by atomic mass is 9.92. The molecule has 1 saturated carbocycles. The van der Waals surface area contributed by atoms with Gasteiger partial charge in [-0.3, -0.25) is 0 Å². The van der Waals surface area contributed by atoms with Crippen molar-refractivity contribution in [1.29, 1.82) is 5.26 Å². The van der Waals surface area contributed by atoms with Gasteiger partial charge in [0.05, 0.1) is 11.6 Å². The van der Waals surface area contributed by atoms with Crippen LogP contribution in [0.3, 0.4) is 0 Å². The summed E-state index contributed by atoms with van der Waals surface area (Å²) in [5.41, 5.74) is -0.322. The second kappa shape index (κ2) is 7.94. The van der Waals surface area contributed by atoms with Crippen LogP contribution in [-0.2, 0) is 6.18 Å². The van der Waals surface area contributed by atoms with Crippen LogP contribution < -0.4 is 10.1 Å². The maximum atomic E-state index is 13.2. The van der Waals surface area contributed by atoms with Crippen LogP contribution in [0.2, 0.25) is 0 Å². The van der Waals surface area contributed by atoms with E-state index < -0.39 is 11.7 Å². The second-order valence-corrected chi connectivity index (χ2v) is 8.66. The molecular formula is C21H25F3N6O. The molecule has 1 N–H and O–H groups in total. The Kier molecular flexibility index (Phi) is 5.45. The molecule has 2 atom stereocenters. The number of ether oxygens (including phenoxy) is 1. The van der Waals surface area contributed by atoms with E-state index in [1.807, 2.05) is 13.8 Å². The zero-order valence-electron chi connectivity index (χ0n) is 17.6. The lowest BCUT2D eigenvalue weighted by molar-refractivity contribution is -0.137. The van der Waals surface area contributed by atoms with Gasteiger partial charge in [0.2, 0.25) is 5.95 Å². The highest BCUT2D eigenvalue weighted by atomic mass is 19.4. The highest BCUT2D eigenvalue weighted by Crippen LogP contribution is 2.39. The smallest absolute Gasteiger partial charge is 0.416 e. The molecule has 0 spiro atoms. The van der Waals surface area contributed by atoms with Crippen LogP contribution >= 0.6 is 0 Å². The third kappa shape index (κ3) is 4.40. The number of anilines is 1. The Balaban J connectivity index is 1.57. The van der Waals surface area contributed by atoms with E-state index in [2.05, 4.69) is 21.6 Å². The summed E-state index contributed by atoms with van der Waals surface area (Å²) in [4.78, 5) is 6.23. The third-order valence-electron chi connectivity index (χ3n) is 5.95. The van der Waals surface area contributed by atoms with E-state index in [4.69, 9.17) is 4.74 Å². The highest BCUT2D eigenvalue weighted by molar-refractivity contribution is 5.38. The highest BCUT2D eigenvalue weighted by Gasteiger charge is 2.42. The van der Waals surface area contributed by atoms with Gasteiger partial charge in [-0.15, -0.1) is 5.10 Å². The standard InChI is InChI=1S/C21H25F3N6O/c1-12(2)30-20(31-17-7-13(3)6-16(8-17)21(22,23)24)27-19(28-30)26-18-14-4-5-15(18)10-29(9-14)11-25/h6-8,12,14-15,18H,4-5,9-10H2,1-3H3,(H,26,28). The molecule has 2 heterocycles. The molecule has 166 valence electrons. The Bertz CT molecular complexity index is 982. The second-order valence-electron chi connectivity index (χ2n) is 8.66. The van der Waals surface area contributed by atoms with E-state index in [9.17, 15) is 18.4 Å². The summed E-state index contributed by atoms with van der Waals surface area (Å²) in [6, 6.07) is 3.80. The molecule has 10 heteroatoms. The monoisotopic (exact) mass is 434 g/mol. The molecular weight excluding hydrogens is 409 g/mol. The van der Waals surface area contributed by atoms with Crippen LogP contribution in [0.5, 0.6) is 11.8 Å². The van der Waals surface area contributed by atoms with E-state index in [0.717, 1.165) is 25.0 Å². The number of piperidine rings is 1. The van der Waals surface area contributed by atoms with Gasteiger partial charge in [-0.2, -0.15) is 23.4 Å². The molecule has 1 aliphatic carbocycles. The van der Waals surface area contributed by atoms with Gasteiger partial charge in [0.15, 0.2) is 6.19 Å². The van der Waals surface area contributed by atoms with Crippen molar-refractivity contribution in [2.45, 2.75) is 51.9 Å². The van der Waals surface area contributed by atoms with Crippen LogP contribution in [0.15, 0.2) is 18.2 Å². The fourth-order valence-corrected chi connectivity index (χ4v) is 4.54. The topological polar surface area (TPSA) is 79.0 Å². The largest absolute Gasteiger partial charge is 0.424 e. The average molecular weight is 434 g/mol. The molecule has 1 aromatic heterocycles. The van der Waals surface area contributed by atoms with Crippen molar-refractivity contribution >= 4 is 5.95 Å². The van der Waals surface area contributed by atoms with Gasteiger partial charge >= 0.3 is 12.2 Å². The predicted octanol–water partition coefficient (Wildman–Crippen LogP) is 4.58. The van der Waals surface area contributed by atoms with E-state index in [1.165, 1.54) is 0 Å². The van der Waals surface area contributed by atoms with Crippen molar-refractivity contribution in [3.8, 4) is 18.0 Å². The number of hydrogen-bond donors (Lipinski definition) is 1. The Labute approximate surface area is 178 Å². The first-order chi connectivity index (χ1) is 14.6. The predicted molar refractivity (Wildman–Crippen MR) is 107 cm³/mol. The van der Waals surface area contributed by atoms with Gasteiger partial charge in [0, 0.05) is 19.1 Å². The van der Waals surface area contributed by atoms with Gasteiger partial charge in [-0.1, -0.05) is 0 Å². The number of fused-ring (bicyclic) bond motifs is 2. The molecule has 1 aliphatic heterocycles. The molecule has 1 saturated heterocycles. The van der Waals surface area contributed by atoms with Crippen molar-refractivity contribution in [3.63, 3.8) is 0 Å². The summed E-state index contributed by atoms with van der Waals surface area (Å²) in [6.07, 6.45) is -0.144. The van der Waals surface area contributed by atoms with Gasteiger partial charge < -0.3 is 15.0 Å². The van der Waals surface area contributed by atoms with Crippen LogP contribution in [0.1, 0.15) is 43.9 Å². The Morgan fingerprint density at radius 3 is 2.45 bits per heavy atom. The first-order valence-electron chi connectivity index (χ1n) is 10.4. The Morgan fingerprint density at radius 1 is 1.19 bits per heavy atom. The number of alkyl halides is 3. The third-order valence-corrected chi connectivity index (χ3v) is 5.95. The van der Waals surface area contributed by atoms with Crippen LogP contribution in [0.4, 0.5) is 19.1 Å². The van der Waals surface area contributed by atoms with Crippen LogP contribution in [-0.4, -0.2) is 38.8 Å². The van der Waals surface area contributed by atoms with E-state index in [1.54, 1.807) is 22.6 Å². The summed E-state index contributed by atoms with van der Waals surface area (Å²) in [5, 5.41) is 17.1. The number of hydrogen-bond acceptors (Lipinski definition) is 6. The minimum Gasteiger partial charge on any atom is -0.424 e. The molecule has 2 fully saturated rings. The SMILES string of the molecule is Cc1cc(Oc2nc(NC3C4CCC3CN(C#N)C4)nn2C(C)C)cc(C(F)(F)F)c1. The average Bonchev–Trinajstić information content (AvgIpc) is 3.17. The van der Waals surface area contributed by atoms with E-state index >= 15 is 0 Å². The molecule has 7 nitrogen and oxygen atoms in total. The van der Waals surface area contributed by atoms with E-state index in [0.29, 0.717) is 36.4 Å². The van der Waals surface area contributed by atoms with Crippen molar-refractivity contribution in [2.75, 3.05) is 18.4 Å². The number of aryl methyl sites for hydroxylation is 1. The lowest BCUT2D eigenvalue weighted by Crippen LogP contribution is -2.46. The molecule has 2 aliphatic rings. The Hall–Kier alpha value is -2.96. The van der Waals surface area contributed by atoms with Crippen LogP contribution in [0.25, 0.3) is 0 Å². The first-order valence-corrected chi connectivity index (χ1v) is 10.4. The van der Waals surface area contributed by atoms with Gasteiger partial charge in [-0.05, 0) is 69.2 Å². The summed E-state index contributed by atoms with van der Waals surface area (Å²) < 4.78 is 46.8. The zero-order valence-corrected chi connectivity index (χ0v) is 17.6. The molecule has 2 aromatic rings. The molecule has 31 heavy (non-hydrogen) atoms. The number of likely N-dealkylation sites (tertiary alicyclic amines) is 1. The Morgan fingerprint density at radius 2 is 1.87 bits per heavy atom. The molecule has 0 radical (unpaired) electrons. The quantitative estimate of drug-likeness (QED) is 0.694. The maximum Gasteiger partial charge on any atom is 0.416 e. The normalized spacial score (nSPS) is 23.2. The zero-order chi connectivity index (χ0) is 22.3. The van der Waals surface area contributed by atoms with Gasteiger partial charge in [0.1, 0.15) is 5.75 Å². The van der Waals surface area contributed by atoms with Crippen molar-refractivity contribution in [3.05, 3.63) is 29.3 Å². The van der Waals surface area contributed by atoms with Crippen molar-refractivity contribution in [1.82, 2.24) is 19.7 Å². The minimum absolute atomic E-state index is 0.0653. The number of halogens is 3. The summed E-state index contributed by atoms with van der Waals surface area (Å²) >= 11 is 0.